The molecule has 0 spiro atoms. The number of thiophene rings is 1. The van der Waals surface area contributed by atoms with Crippen LogP contribution in [0.3, 0.4) is 0 Å². The number of hydrogen-bond acceptors (Lipinski definition) is 9. The molecule has 2 N–H and O–H groups in total. The minimum absolute atomic E-state index is 0.0123. The number of aromatic nitrogens is 2. The van der Waals surface area contributed by atoms with Crippen molar-refractivity contribution in [2.75, 3.05) is 43.4 Å². The Morgan fingerprint density at radius 1 is 1.19 bits per heavy atom. The van der Waals surface area contributed by atoms with E-state index in [0.29, 0.717) is 42.8 Å². The Hall–Kier alpha value is -4.41. The van der Waals surface area contributed by atoms with Gasteiger partial charge in [0.15, 0.2) is 5.82 Å². The lowest BCUT2D eigenvalue weighted by Crippen LogP contribution is -2.58. The average Bonchev–Trinajstić information content (AvgIpc) is 3.70. The maximum absolute atomic E-state index is 16.9. The number of carbonyl (C=O) groups is 1. The summed E-state index contributed by atoms with van der Waals surface area (Å²) in [5, 5.41) is 10.6. The molecular formula is C34H34F3N7O2S. The first-order valence-corrected chi connectivity index (χ1v) is 16.5. The normalized spacial score (nSPS) is 24.6. The van der Waals surface area contributed by atoms with Crippen LogP contribution >= 0.6 is 11.3 Å². The van der Waals surface area contributed by atoms with Crippen molar-refractivity contribution in [3.63, 3.8) is 0 Å². The molecule has 5 heterocycles. The van der Waals surface area contributed by atoms with Gasteiger partial charge in [-0.2, -0.15) is 15.2 Å². The minimum atomic E-state index is -0.944. The number of nitriles is 1. The maximum atomic E-state index is 16.9. The molecule has 3 saturated heterocycles. The SMILES string of the molecule is C=CC(=O)N1C[C@H](C)N(c2nc(OC[C@@]34CCCN3C[C@H](F)C4)nc3c(F)c(-c4ccc(F)c5sc(N)c(C#N)c45)ccc23)C[C@H]1C. The molecule has 0 bridgehead atoms. The first-order chi connectivity index (χ1) is 22.5. The Morgan fingerprint density at radius 2 is 1.98 bits per heavy atom. The zero-order valence-corrected chi connectivity index (χ0v) is 26.9. The number of carbonyl (C=O) groups excluding carboxylic acids is 1. The second-order valence-corrected chi connectivity index (χ2v) is 13.9. The molecule has 0 saturated carbocycles. The number of benzene rings is 2. The Morgan fingerprint density at radius 3 is 2.74 bits per heavy atom. The molecule has 9 nitrogen and oxygen atoms in total. The van der Waals surface area contributed by atoms with Gasteiger partial charge in [-0.15, -0.1) is 11.3 Å². The van der Waals surface area contributed by atoms with Crippen molar-refractivity contribution in [2.24, 2.45) is 0 Å². The Labute approximate surface area is 274 Å². The van der Waals surface area contributed by atoms with Crippen LogP contribution in [0.25, 0.3) is 32.1 Å². The molecule has 3 fully saturated rings. The van der Waals surface area contributed by atoms with Crippen molar-refractivity contribution >= 4 is 49.1 Å². The lowest BCUT2D eigenvalue weighted by Gasteiger charge is -2.44. The van der Waals surface area contributed by atoms with Crippen molar-refractivity contribution in [2.45, 2.75) is 56.9 Å². The summed E-state index contributed by atoms with van der Waals surface area (Å²) in [6.45, 7) is 9.64. The van der Waals surface area contributed by atoms with E-state index in [9.17, 15) is 18.8 Å². The number of ether oxygens (including phenoxy) is 1. The van der Waals surface area contributed by atoms with Crippen LogP contribution in [0.2, 0.25) is 0 Å². The third-order valence-corrected chi connectivity index (χ3v) is 11.0. The molecule has 47 heavy (non-hydrogen) atoms. The van der Waals surface area contributed by atoms with Crippen molar-refractivity contribution < 1.29 is 22.7 Å². The van der Waals surface area contributed by atoms with Crippen molar-refractivity contribution in [3.05, 3.63) is 54.1 Å². The van der Waals surface area contributed by atoms with Crippen LogP contribution in [0.5, 0.6) is 6.01 Å². The number of anilines is 2. The fraction of sp³-hybridized carbons (Fsp3) is 0.412. The molecule has 13 heteroatoms. The van der Waals surface area contributed by atoms with E-state index in [4.69, 9.17) is 15.5 Å². The van der Waals surface area contributed by atoms with Crippen LogP contribution in [-0.2, 0) is 4.79 Å². The summed E-state index contributed by atoms with van der Waals surface area (Å²) in [5.41, 5.74) is 6.09. The summed E-state index contributed by atoms with van der Waals surface area (Å²) in [4.78, 5) is 27.8. The lowest BCUT2D eigenvalue weighted by molar-refractivity contribution is -0.128. The van der Waals surface area contributed by atoms with E-state index in [2.05, 4.69) is 16.5 Å². The van der Waals surface area contributed by atoms with Crippen LogP contribution in [0.15, 0.2) is 36.9 Å². The topological polar surface area (TPSA) is 112 Å². The fourth-order valence-corrected chi connectivity index (χ4v) is 8.59. The van der Waals surface area contributed by atoms with E-state index < -0.39 is 23.3 Å². The van der Waals surface area contributed by atoms with Crippen LogP contribution in [0.1, 0.15) is 38.7 Å². The van der Waals surface area contributed by atoms with E-state index in [1.807, 2.05) is 24.8 Å². The second kappa shape index (κ2) is 11.7. The van der Waals surface area contributed by atoms with Gasteiger partial charge in [-0.25, -0.2) is 13.2 Å². The van der Waals surface area contributed by atoms with Gasteiger partial charge in [-0.05, 0) is 57.0 Å². The van der Waals surface area contributed by atoms with E-state index in [-0.39, 0.29) is 62.3 Å². The average molecular weight is 662 g/mol. The van der Waals surface area contributed by atoms with Gasteiger partial charge >= 0.3 is 6.01 Å². The van der Waals surface area contributed by atoms with Crippen LogP contribution < -0.4 is 15.4 Å². The largest absolute Gasteiger partial charge is 0.461 e. The summed E-state index contributed by atoms with van der Waals surface area (Å²) in [7, 11) is 0. The van der Waals surface area contributed by atoms with E-state index in [1.54, 1.807) is 17.0 Å². The fourth-order valence-electron chi connectivity index (χ4n) is 7.64. The predicted molar refractivity (Wildman–Crippen MR) is 176 cm³/mol. The Balaban J connectivity index is 1.36. The molecule has 4 atom stereocenters. The molecule has 0 radical (unpaired) electrons. The summed E-state index contributed by atoms with van der Waals surface area (Å²) in [6.07, 6.45) is 2.42. The number of amides is 1. The lowest BCUT2D eigenvalue weighted by atomic mass is 9.95. The molecule has 4 aromatic rings. The number of hydrogen-bond donors (Lipinski definition) is 1. The van der Waals surface area contributed by atoms with Gasteiger partial charge in [0.05, 0.1) is 15.8 Å². The molecule has 0 aliphatic carbocycles. The quantitative estimate of drug-likeness (QED) is 0.258. The van der Waals surface area contributed by atoms with Gasteiger partial charge in [-0.1, -0.05) is 18.7 Å². The first kappa shape index (κ1) is 31.2. The number of rotatable bonds is 6. The van der Waals surface area contributed by atoms with Gasteiger partial charge in [0.25, 0.3) is 0 Å². The van der Waals surface area contributed by atoms with Gasteiger partial charge in [-0.3, -0.25) is 9.69 Å². The summed E-state index contributed by atoms with van der Waals surface area (Å²) >= 11 is 0.943. The molecule has 2 aromatic heterocycles. The Kier molecular flexibility index (Phi) is 7.75. The van der Waals surface area contributed by atoms with Gasteiger partial charge < -0.3 is 20.3 Å². The van der Waals surface area contributed by atoms with Crippen molar-refractivity contribution in [3.8, 4) is 23.2 Å². The highest BCUT2D eigenvalue weighted by Crippen LogP contribution is 2.44. The van der Waals surface area contributed by atoms with Gasteiger partial charge in [0.2, 0.25) is 5.91 Å². The molecular weight excluding hydrogens is 627 g/mol. The number of nitrogens with zero attached hydrogens (tertiary/aromatic N) is 6. The number of halogens is 3. The molecule has 3 aliphatic rings. The van der Waals surface area contributed by atoms with Crippen molar-refractivity contribution in [1.29, 1.82) is 5.26 Å². The summed E-state index contributed by atoms with van der Waals surface area (Å²) in [5.74, 6) is -0.971. The monoisotopic (exact) mass is 661 g/mol. The standard InChI is InChI=1S/C34H34F3N7O2S/c1-4-26(45)43-14-19(3)44(15-18(43)2)32-23-7-6-22(21-8-9-25(36)30-27(21)24(13-38)31(39)47-30)28(37)29(23)40-33(41-32)46-17-34-10-5-11-42(34)16-20(35)12-34/h4,6-9,18-20H,1,5,10-12,14-17,39H2,2-3H3/t18-,19+,20-,34+/m1/s1. The van der Waals surface area contributed by atoms with E-state index in [1.165, 1.54) is 18.2 Å². The smallest absolute Gasteiger partial charge is 0.319 e. The summed E-state index contributed by atoms with van der Waals surface area (Å²) < 4.78 is 52.6. The van der Waals surface area contributed by atoms with Gasteiger partial charge in [0, 0.05) is 54.5 Å². The third-order valence-electron chi connectivity index (χ3n) is 9.93. The highest BCUT2D eigenvalue weighted by molar-refractivity contribution is 7.23. The number of fused-ring (bicyclic) bond motifs is 3. The van der Waals surface area contributed by atoms with Crippen molar-refractivity contribution in [1.82, 2.24) is 19.8 Å². The number of nitrogens with two attached hydrogens (primary N) is 1. The van der Waals surface area contributed by atoms with Crippen LogP contribution in [-0.4, -0.2) is 82.3 Å². The number of nitrogen functional groups attached to an aromatic ring is 1. The molecule has 244 valence electrons. The Bertz CT molecular complexity index is 1980. The molecule has 0 unspecified atom stereocenters. The highest BCUT2D eigenvalue weighted by atomic mass is 32.1. The zero-order valence-electron chi connectivity index (χ0n) is 26.1. The number of piperazine rings is 1. The number of alkyl halides is 1. The molecule has 1 amide bonds. The highest BCUT2D eigenvalue weighted by Gasteiger charge is 2.49. The predicted octanol–water partition coefficient (Wildman–Crippen LogP) is 5.81. The minimum Gasteiger partial charge on any atom is -0.461 e. The third kappa shape index (κ3) is 5.05. The van der Waals surface area contributed by atoms with Crippen LogP contribution in [0.4, 0.5) is 24.0 Å². The maximum Gasteiger partial charge on any atom is 0.319 e. The molecule has 7 rings (SSSR count). The summed E-state index contributed by atoms with van der Waals surface area (Å²) in [6, 6.07) is 7.57. The molecule has 3 aliphatic heterocycles. The zero-order chi connectivity index (χ0) is 33.2. The van der Waals surface area contributed by atoms with E-state index in [0.717, 1.165) is 30.7 Å². The van der Waals surface area contributed by atoms with Gasteiger partial charge in [0.1, 0.15) is 41.0 Å². The first-order valence-electron chi connectivity index (χ1n) is 15.7. The van der Waals surface area contributed by atoms with Crippen LogP contribution in [0, 0.1) is 23.0 Å². The second-order valence-electron chi connectivity index (χ2n) is 12.8. The molecule has 2 aromatic carbocycles. The van der Waals surface area contributed by atoms with E-state index >= 15 is 4.39 Å².